The number of carbonyl (C=O) groups is 1. The van der Waals surface area contributed by atoms with Gasteiger partial charge in [0.05, 0.1) is 18.8 Å². The van der Waals surface area contributed by atoms with Gasteiger partial charge in [0, 0.05) is 26.3 Å². The number of rotatable bonds is 6. The molecule has 0 saturated carbocycles. The van der Waals surface area contributed by atoms with E-state index >= 15 is 0 Å². The highest BCUT2D eigenvalue weighted by Gasteiger charge is 2.26. The van der Waals surface area contributed by atoms with Crippen LogP contribution in [0, 0.1) is 5.82 Å². The molecule has 1 aliphatic heterocycles. The quantitative estimate of drug-likeness (QED) is 0.815. The van der Waals surface area contributed by atoms with Crippen molar-refractivity contribution in [3.8, 4) is 5.75 Å². The number of hydrogen-bond acceptors (Lipinski definition) is 4. The van der Waals surface area contributed by atoms with Crippen LogP contribution in [0.2, 0.25) is 0 Å². The van der Waals surface area contributed by atoms with Crippen LogP contribution in [0.25, 0.3) is 0 Å². The highest BCUT2D eigenvalue weighted by molar-refractivity contribution is 5.97. The maximum absolute atomic E-state index is 13.4. The molecule has 5 nitrogen and oxygen atoms in total. The third-order valence-electron chi connectivity index (χ3n) is 3.78. The van der Waals surface area contributed by atoms with Crippen LogP contribution >= 0.6 is 0 Å². The number of halogens is 1. The number of carbonyl (C=O) groups excluding carboxylic acids is 1. The third-order valence-corrected chi connectivity index (χ3v) is 3.78. The minimum Gasteiger partial charge on any atom is -0.496 e. The van der Waals surface area contributed by atoms with Gasteiger partial charge >= 0.3 is 0 Å². The number of likely N-dealkylation sites (tertiary alicyclic amines) is 1. The van der Waals surface area contributed by atoms with Crippen LogP contribution in [0.15, 0.2) is 18.2 Å². The first kappa shape index (κ1) is 16.7. The summed E-state index contributed by atoms with van der Waals surface area (Å²) < 4.78 is 24.2. The Hall–Kier alpha value is -1.66. The SMILES string of the molecule is COc1ccc(F)cc1C(=O)N1CCC(OCCCO)CC1. The molecule has 1 heterocycles. The molecular formula is C16H22FNO4. The Labute approximate surface area is 129 Å². The molecule has 2 rings (SSSR count). The van der Waals surface area contributed by atoms with Crippen LogP contribution in [0.3, 0.4) is 0 Å². The Kier molecular flexibility index (Phi) is 6.15. The molecule has 0 unspecified atom stereocenters. The van der Waals surface area contributed by atoms with Gasteiger partial charge in [-0.2, -0.15) is 0 Å². The van der Waals surface area contributed by atoms with Crippen molar-refractivity contribution in [2.24, 2.45) is 0 Å². The lowest BCUT2D eigenvalue weighted by Gasteiger charge is -2.32. The average Bonchev–Trinajstić information content (AvgIpc) is 2.55. The van der Waals surface area contributed by atoms with Gasteiger partial charge in [0.1, 0.15) is 11.6 Å². The van der Waals surface area contributed by atoms with E-state index in [4.69, 9.17) is 14.6 Å². The van der Waals surface area contributed by atoms with E-state index in [-0.39, 0.29) is 24.2 Å². The largest absolute Gasteiger partial charge is 0.496 e. The van der Waals surface area contributed by atoms with E-state index in [1.54, 1.807) is 4.90 Å². The van der Waals surface area contributed by atoms with Gasteiger partial charge in [0.15, 0.2) is 0 Å². The molecule has 22 heavy (non-hydrogen) atoms. The molecule has 0 atom stereocenters. The number of aliphatic hydroxyl groups excluding tert-OH is 1. The average molecular weight is 311 g/mol. The minimum absolute atomic E-state index is 0.116. The van der Waals surface area contributed by atoms with E-state index < -0.39 is 5.82 Å². The van der Waals surface area contributed by atoms with Crippen molar-refractivity contribution >= 4 is 5.91 Å². The van der Waals surface area contributed by atoms with E-state index in [1.165, 1.54) is 25.3 Å². The standard InChI is InChI=1S/C16H22FNO4/c1-21-15-4-3-12(17)11-14(15)16(20)18-7-5-13(6-8-18)22-10-2-9-19/h3-4,11,13,19H,2,5-10H2,1H3. The normalized spacial score (nSPS) is 15.9. The van der Waals surface area contributed by atoms with E-state index in [1.807, 2.05) is 0 Å². The van der Waals surface area contributed by atoms with Gasteiger partial charge in [-0.3, -0.25) is 4.79 Å². The maximum Gasteiger partial charge on any atom is 0.257 e. The summed E-state index contributed by atoms with van der Waals surface area (Å²) in [5, 5.41) is 8.73. The molecular weight excluding hydrogens is 289 g/mol. The topological polar surface area (TPSA) is 59.0 Å². The molecule has 0 aromatic heterocycles. The molecule has 1 amide bonds. The van der Waals surface area contributed by atoms with Crippen molar-refractivity contribution in [3.05, 3.63) is 29.6 Å². The van der Waals surface area contributed by atoms with Gasteiger partial charge in [0.25, 0.3) is 5.91 Å². The zero-order valence-corrected chi connectivity index (χ0v) is 12.8. The summed E-state index contributed by atoms with van der Waals surface area (Å²) in [7, 11) is 1.46. The fourth-order valence-electron chi connectivity index (χ4n) is 2.56. The first-order valence-electron chi connectivity index (χ1n) is 7.51. The van der Waals surface area contributed by atoms with Gasteiger partial charge in [0.2, 0.25) is 0 Å². The Morgan fingerprint density at radius 2 is 2.14 bits per heavy atom. The second kappa shape index (κ2) is 8.10. The number of aliphatic hydroxyl groups is 1. The van der Waals surface area contributed by atoms with Crippen molar-refractivity contribution in [2.75, 3.05) is 33.4 Å². The van der Waals surface area contributed by atoms with Crippen molar-refractivity contribution in [2.45, 2.75) is 25.4 Å². The summed E-state index contributed by atoms with van der Waals surface area (Å²) in [5.41, 5.74) is 0.252. The summed E-state index contributed by atoms with van der Waals surface area (Å²) in [6, 6.07) is 3.95. The third kappa shape index (κ3) is 4.18. The van der Waals surface area contributed by atoms with E-state index in [0.717, 1.165) is 12.8 Å². The smallest absolute Gasteiger partial charge is 0.257 e. The van der Waals surface area contributed by atoms with Crippen molar-refractivity contribution in [3.63, 3.8) is 0 Å². The molecule has 6 heteroatoms. The van der Waals surface area contributed by atoms with Crippen LogP contribution in [0.5, 0.6) is 5.75 Å². The number of amides is 1. The van der Waals surface area contributed by atoms with Crippen LogP contribution < -0.4 is 4.74 Å². The maximum atomic E-state index is 13.4. The van der Waals surface area contributed by atoms with Gasteiger partial charge in [-0.05, 0) is 37.5 Å². The second-order valence-corrected chi connectivity index (χ2v) is 5.28. The van der Waals surface area contributed by atoms with E-state index in [2.05, 4.69) is 0 Å². The number of benzene rings is 1. The van der Waals surface area contributed by atoms with Crippen molar-refractivity contribution in [1.29, 1.82) is 0 Å². The first-order valence-corrected chi connectivity index (χ1v) is 7.51. The summed E-state index contributed by atoms with van der Waals surface area (Å²) in [6.07, 6.45) is 2.23. The molecule has 1 N–H and O–H groups in total. The zero-order valence-electron chi connectivity index (χ0n) is 12.8. The van der Waals surface area contributed by atoms with Gasteiger partial charge in [-0.15, -0.1) is 0 Å². The summed E-state index contributed by atoms with van der Waals surface area (Å²) >= 11 is 0. The Balaban J connectivity index is 1.94. The molecule has 0 radical (unpaired) electrons. The van der Waals surface area contributed by atoms with Crippen LogP contribution in [-0.4, -0.2) is 55.4 Å². The fraction of sp³-hybridized carbons (Fsp3) is 0.562. The van der Waals surface area contributed by atoms with Crippen LogP contribution in [-0.2, 0) is 4.74 Å². The van der Waals surface area contributed by atoms with Gasteiger partial charge < -0.3 is 19.5 Å². The molecule has 122 valence electrons. The first-order chi connectivity index (χ1) is 10.7. The molecule has 1 aliphatic rings. The molecule has 1 saturated heterocycles. The predicted molar refractivity (Wildman–Crippen MR) is 79.5 cm³/mol. The van der Waals surface area contributed by atoms with Gasteiger partial charge in [-0.25, -0.2) is 4.39 Å². The van der Waals surface area contributed by atoms with Gasteiger partial charge in [-0.1, -0.05) is 0 Å². The summed E-state index contributed by atoms with van der Waals surface area (Å²) in [5.74, 6) is -0.288. The number of nitrogens with zero attached hydrogens (tertiary/aromatic N) is 1. The van der Waals surface area contributed by atoms with E-state index in [0.29, 0.717) is 31.9 Å². The molecule has 0 bridgehead atoms. The monoisotopic (exact) mass is 311 g/mol. The van der Waals surface area contributed by atoms with Crippen molar-refractivity contribution in [1.82, 2.24) is 4.90 Å². The molecule has 1 aromatic rings. The van der Waals surface area contributed by atoms with E-state index in [9.17, 15) is 9.18 Å². The summed E-state index contributed by atoms with van der Waals surface area (Å²) in [4.78, 5) is 14.2. The lowest BCUT2D eigenvalue weighted by molar-refractivity contribution is 0.00390. The molecule has 1 aromatic carbocycles. The highest BCUT2D eigenvalue weighted by atomic mass is 19.1. The number of hydrogen-bond donors (Lipinski definition) is 1. The van der Waals surface area contributed by atoms with Crippen LogP contribution in [0.1, 0.15) is 29.6 Å². The highest BCUT2D eigenvalue weighted by Crippen LogP contribution is 2.23. The zero-order chi connectivity index (χ0) is 15.9. The van der Waals surface area contributed by atoms with Crippen molar-refractivity contribution < 1.29 is 23.8 Å². The van der Waals surface area contributed by atoms with Crippen LogP contribution in [0.4, 0.5) is 4.39 Å². The molecule has 1 fully saturated rings. The summed E-state index contributed by atoms with van der Waals surface area (Å²) in [6.45, 7) is 1.80. The minimum atomic E-state index is -0.452. The predicted octanol–water partition coefficient (Wildman–Crippen LogP) is 1.84. The Morgan fingerprint density at radius 3 is 2.77 bits per heavy atom. The number of methoxy groups -OCH3 is 1. The Bertz CT molecular complexity index is 501. The molecule has 0 spiro atoms. The number of piperidine rings is 1. The lowest BCUT2D eigenvalue weighted by atomic mass is 10.1. The Morgan fingerprint density at radius 1 is 1.41 bits per heavy atom. The lowest BCUT2D eigenvalue weighted by Crippen LogP contribution is -2.41. The fourth-order valence-corrected chi connectivity index (χ4v) is 2.56. The number of ether oxygens (including phenoxy) is 2. The molecule has 0 aliphatic carbocycles. The second-order valence-electron chi connectivity index (χ2n) is 5.28.